The summed E-state index contributed by atoms with van der Waals surface area (Å²) in [7, 11) is 1.63. The number of benzene rings is 1. The average Bonchev–Trinajstić information content (AvgIpc) is 2.38. The Hall–Kier alpha value is -1.51. The number of Topliss-reactive ketones (excluding diaryl/α,β-unsaturated/α-hetero) is 1. The van der Waals surface area contributed by atoms with Gasteiger partial charge >= 0.3 is 0 Å². The Morgan fingerprint density at radius 1 is 1.28 bits per heavy atom. The van der Waals surface area contributed by atoms with E-state index in [0.29, 0.717) is 0 Å². The highest BCUT2D eigenvalue weighted by Gasteiger charge is 2.07. The van der Waals surface area contributed by atoms with Crippen molar-refractivity contribution in [1.29, 1.82) is 0 Å². The van der Waals surface area contributed by atoms with Gasteiger partial charge in [-0.05, 0) is 25.5 Å². The van der Waals surface area contributed by atoms with E-state index in [4.69, 9.17) is 4.74 Å². The fourth-order valence-electron chi connectivity index (χ4n) is 1.88. The molecule has 0 aliphatic heterocycles. The SMILES string of the molecule is CCCCCCNc1cc(OC)ccc1C(C)=O. The lowest BCUT2D eigenvalue weighted by atomic mass is 10.1. The molecule has 0 heterocycles. The van der Waals surface area contributed by atoms with Crippen LogP contribution in [-0.4, -0.2) is 19.4 Å². The van der Waals surface area contributed by atoms with E-state index >= 15 is 0 Å². The van der Waals surface area contributed by atoms with Crippen LogP contribution in [0, 0.1) is 0 Å². The van der Waals surface area contributed by atoms with Crippen molar-refractivity contribution in [2.75, 3.05) is 19.0 Å². The second-order valence-corrected chi connectivity index (χ2v) is 4.46. The quantitative estimate of drug-likeness (QED) is 0.561. The van der Waals surface area contributed by atoms with Crippen molar-refractivity contribution in [2.45, 2.75) is 39.5 Å². The molecule has 0 atom stereocenters. The van der Waals surface area contributed by atoms with Crippen molar-refractivity contribution >= 4 is 11.5 Å². The van der Waals surface area contributed by atoms with Gasteiger partial charge in [-0.1, -0.05) is 26.2 Å². The maximum Gasteiger partial charge on any atom is 0.161 e. The molecule has 0 unspecified atom stereocenters. The summed E-state index contributed by atoms with van der Waals surface area (Å²) in [5, 5.41) is 3.33. The summed E-state index contributed by atoms with van der Waals surface area (Å²) in [4.78, 5) is 11.5. The minimum Gasteiger partial charge on any atom is -0.497 e. The first kappa shape index (κ1) is 14.6. The molecule has 0 aromatic heterocycles. The molecule has 18 heavy (non-hydrogen) atoms. The van der Waals surface area contributed by atoms with Crippen LogP contribution < -0.4 is 10.1 Å². The molecule has 0 fully saturated rings. The molecule has 0 bridgehead atoms. The Morgan fingerprint density at radius 3 is 2.67 bits per heavy atom. The third-order valence-corrected chi connectivity index (χ3v) is 2.95. The van der Waals surface area contributed by atoms with Crippen molar-refractivity contribution < 1.29 is 9.53 Å². The van der Waals surface area contributed by atoms with E-state index in [-0.39, 0.29) is 5.78 Å². The van der Waals surface area contributed by atoms with Gasteiger partial charge < -0.3 is 10.1 Å². The second-order valence-electron chi connectivity index (χ2n) is 4.46. The second kappa shape index (κ2) is 7.75. The molecule has 3 heteroatoms. The Balaban J connectivity index is 2.63. The molecule has 100 valence electrons. The molecule has 0 aliphatic rings. The van der Waals surface area contributed by atoms with E-state index in [1.807, 2.05) is 18.2 Å². The molecular weight excluding hydrogens is 226 g/mol. The Kier molecular flexibility index (Phi) is 6.26. The first-order valence-corrected chi connectivity index (χ1v) is 6.62. The average molecular weight is 249 g/mol. The molecule has 1 N–H and O–H groups in total. The topological polar surface area (TPSA) is 38.3 Å². The van der Waals surface area contributed by atoms with Crippen molar-refractivity contribution in [2.24, 2.45) is 0 Å². The van der Waals surface area contributed by atoms with Gasteiger partial charge in [-0.25, -0.2) is 0 Å². The van der Waals surface area contributed by atoms with Crippen LogP contribution in [0.15, 0.2) is 18.2 Å². The molecule has 0 radical (unpaired) electrons. The summed E-state index contributed by atoms with van der Waals surface area (Å²) in [6, 6.07) is 5.52. The molecule has 0 saturated carbocycles. The molecule has 1 rings (SSSR count). The van der Waals surface area contributed by atoms with Gasteiger partial charge in [0.15, 0.2) is 5.78 Å². The third kappa shape index (κ3) is 4.40. The third-order valence-electron chi connectivity index (χ3n) is 2.95. The maximum absolute atomic E-state index is 11.5. The lowest BCUT2D eigenvalue weighted by Crippen LogP contribution is -2.06. The maximum atomic E-state index is 11.5. The Labute approximate surface area is 110 Å². The van der Waals surface area contributed by atoms with Gasteiger partial charge in [0.2, 0.25) is 0 Å². The van der Waals surface area contributed by atoms with Crippen molar-refractivity contribution in [3.05, 3.63) is 23.8 Å². The van der Waals surface area contributed by atoms with Crippen molar-refractivity contribution in [3.8, 4) is 5.75 Å². The fourth-order valence-corrected chi connectivity index (χ4v) is 1.88. The van der Waals surface area contributed by atoms with Gasteiger partial charge in [-0.3, -0.25) is 4.79 Å². The standard InChI is InChI=1S/C15H23NO2/c1-4-5-6-7-10-16-15-11-13(18-3)8-9-14(15)12(2)17/h8-9,11,16H,4-7,10H2,1-3H3. The number of ether oxygens (including phenoxy) is 1. The number of rotatable bonds is 8. The highest BCUT2D eigenvalue weighted by molar-refractivity contribution is 5.99. The number of methoxy groups -OCH3 is 1. The summed E-state index contributed by atoms with van der Waals surface area (Å²) in [6.07, 6.45) is 4.85. The number of anilines is 1. The summed E-state index contributed by atoms with van der Waals surface area (Å²) in [6.45, 7) is 4.68. The summed E-state index contributed by atoms with van der Waals surface area (Å²) in [5.41, 5.74) is 1.60. The Bertz CT molecular complexity index is 388. The fraction of sp³-hybridized carbons (Fsp3) is 0.533. The number of carbonyl (C=O) groups is 1. The van der Waals surface area contributed by atoms with E-state index in [9.17, 15) is 4.79 Å². The smallest absolute Gasteiger partial charge is 0.161 e. The van der Waals surface area contributed by atoms with E-state index in [0.717, 1.165) is 30.0 Å². The van der Waals surface area contributed by atoms with Crippen LogP contribution in [0.3, 0.4) is 0 Å². The summed E-state index contributed by atoms with van der Waals surface area (Å²) < 4.78 is 5.18. The molecule has 3 nitrogen and oxygen atoms in total. The molecule has 0 spiro atoms. The minimum atomic E-state index is 0.0775. The van der Waals surface area contributed by atoms with Crippen molar-refractivity contribution in [1.82, 2.24) is 0 Å². The first-order chi connectivity index (χ1) is 8.69. The van der Waals surface area contributed by atoms with Crippen LogP contribution in [0.25, 0.3) is 0 Å². The number of hydrogen-bond donors (Lipinski definition) is 1. The van der Waals surface area contributed by atoms with Crippen LogP contribution in [0.5, 0.6) is 5.75 Å². The normalized spacial score (nSPS) is 10.2. The molecule has 0 amide bonds. The number of hydrogen-bond acceptors (Lipinski definition) is 3. The zero-order valence-electron chi connectivity index (χ0n) is 11.6. The van der Waals surface area contributed by atoms with Gasteiger partial charge in [-0.15, -0.1) is 0 Å². The van der Waals surface area contributed by atoms with E-state index in [1.165, 1.54) is 19.3 Å². The van der Waals surface area contributed by atoms with Crippen LogP contribution in [-0.2, 0) is 0 Å². The number of ketones is 1. The van der Waals surface area contributed by atoms with Crippen molar-refractivity contribution in [3.63, 3.8) is 0 Å². The Morgan fingerprint density at radius 2 is 2.06 bits per heavy atom. The minimum absolute atomic E-state index is 0.0775. The molecular formula is C15H23NO2. The van der Waals surface area contributed by atoms with E-state index in [2.05, 4.69) is 12.2 Å². The number of carbonyl (C=O) groups excluding carboxylic acids is 1. The summed E-state index contributed by atoms with van der Waals surface area (Å²) in [5.74, 6) is 0.852. The summed E-state index contributed by atoms with van der Waals surface area (Å²) >= 11 is 0. The number of unbranched alkanes of at least 4 members (excludes halogenated alkanes) is 3. The highest BCUT2D eigenvalue weighted by atomic mass is 16.5. The van der Waals surface area contributed by atoms with Gasteiger partial charge in [0.1, 0.15) is 5.75 Å². The van der Waals surface area contributed by atoms with Crippen LogP contribution in [0.1, 0.15) is 49.9 Å². The molecule has 0 aliphatic carbocycles. The van der Waals surface area contributed by atoms with Gasteiger partial charge in [-0.2, -0.15) is 0 Å². The van der Waals surface area contributed by atoms with E-state index in [1.54, 1.807) is 14.0 Å². The van der Waals surface area contributed by atoms with E-state index < -0.39 is 0 Å². The first-order valence-electron chi connectivity index (χ1n) is 6.62. The number of nitrogens with one attached hydrogen (secondary N) is 1. The van der Waals surface area contributed by atoms with Gasteiger partial charge in [0.05, 0.1) is 7.11 Å². The predicted molar refractivity (Wildman–Crippen MR) is 75.6 cm³/mol. The lowest BCUT2D eigenvalue weighted by molar-refractivity contribution is 0.101. The predicted octanol–water partition coefficient (Wildman–Crippen LogP) is 3.89. The van der Waals surface area contributed by atoms with Gasteiger partial charge in [0.25, 0.3) is 0 Å². The molecule has 1 aromatic carbocycles. The zero-order chi connectivity index (χ0) is 13.4. The van der Waals surface area contributed by atoms with Crippen LogP contribution in [0.4, 0.5) is 5.69 Å². The molecule has 1 aromatic rings. The van der Waals surface area contributed by atoms with Crippen LogP contribution in [0.2, 0.25) is 0 Å². The monoisotopic (exact) mass is 249 g/mol. The van der Waals surface area contributed by atoms with Crippen LogP contribution >= 0.6 is 0 Å². The largest absolute Gasteiger partial charge is 0.497 e. The zero-order valence-corrected chi connectivity index (χ0v) is 11.6. The highest BCUT2D eigenvalue weighted by Crippen LogP contribution is 2.23. The lowest BCUT2D eigenvalue weighted by Gasteiger charge is -2.11. The van der Waals surface area contributed by atoms with Gasteiger partial charge in [0, 0.05) is 23.9 Å². The molecule has 0 saturated heterocycles.